The molecule has 0 aromatic heterocycles. The largest absolute Gasteiger partial charge is 0.405 e. The van der Waals surface area contributed by atoms with Gasteiger partial charge in [0.2, 0.25) is 0 Å². The Labute approximate surface area is 84.9 Å². The standard InChI is InChI=1S/C13H15N/c14-9-3-5-11-4-1-8-13(10-11)12-6-2-7-12/h1,3-4,6,8-10H,2,5,7,14H2. The van der Waals surface area contributed by atoms with Crippen LogP contribution in [0.1, 0.15) is 24.0 Å². The molecule has 0 bridgehead atoms. The van der Waals surface area contributed by atoms with Gasteiger partial charge in [-0.25, -0.2) is 0 Å². The van der Waals surface area contributed by atoms with E-state index in [1.807, 2.05) is 6.08 Å². The van der Waals surface area contributed by atoms with Crippen LogP contribution in [0.5, 0.6) is 0 Å². The molecule has 0 aliphatic heterocycles. The highest BCUT2D eigenvalue weighted by Crippen LogP contribution is 2.29. The third-order valence-electron chi connectivity index (χ3n) is 2.59. The summed E-state index contributed by atoms with van der Waals surface area (Å²) in [5, 5.41) is 0. The molecule has 2 N–H and O–H groups in total. The van der Waals surface area contributed by atoms with E-state index in [9.17, 15) is 0 Å². The van der Waals surface area contributed by atoms with Crippen LogP contribution < -0.4 is 5.73 Å². The number of nitrogens with two attached hydrogens (primary N) is 1. The Morgan fingerprint density at radius 1 is 1.36 bits per heavy atom. The highest BCUT2D eigenvalue weighted by molar-refractivity contribution is 5.70. The van der Waals surface area contributed by atoms with E-state index in [0.717, 1.165) is 6.42 Å². The molecule has 0 heterocycles. The van der Waals surface area contributed by atoms with Crippen molar-refractivity contribution in [2.45, 2.75) is 19.3 Å². The maximum absolute atomic E-state index is 5.32. The van der Waals surface area contributed by atoms with Gasteiger partial charge in [-0.2, -0.15) is 0 Å². The van der Waals surface area contributed by atoms with Gasteiger partial charge < -0.3 is 5.73 Å². The second-order valence-corrected chi connectivity index (χ2v) is 3.60. The van der Waals surface area contributed by atoms with E-state index in [-0.39, 0.29) is 0 Å². The van der Waals surface area contributed by atoms with Gasteiger partial charge in [-0.1, -0.05) is 36.4 Å². The van der Waals surface area contributed by atoms with E-state index >= 15 is 0 Å². The monoisotopic (exact) mass is 185 g/mol. The molecule has 2 rings (SSSR count). The summed E-state index contributed by atoms with van der Waals surface area (Å²) in [5.74, 6) is 0. The zero-order chi connectivity index (χ0) is 9.80. The number of hydrogen-bond acceptors (Lipinski definition) is 1. The van der Waals surface area contributed by atoms with Gasteiger partial charge in [-0.15, -0.1) is 0 Å². The number of hydrogen-bond donors (Lipinski definition) is 1. The summed E-state index contributed by atoms with van der Waals surface area (Å²) in [5.41, 5.74) is 9.51. The molecule has 0 radical (unpaired) electrons. The van der Waals surface area contributed by atoms with Crippen molar-refractivity contribution >= 4 is 5.57 Å². The van der Waals surface area contributed by atoms with Crippen molar-refractivity contribution in [3.05, 3.63) is 53.7 Å². The van der Waals surface area contributed by atoms with Gasteiger partial charge in [0.05, 0.1) is 0 Å². The minimum Gasteiger partial charge on any atom is -0.405 e. The van der Waals surface area contributed by atoms with Crippen LogP contribution in [0.25, 0.3) is 5.57 Å². The lowest BCUT2D eigenvalue weighted by atomic mass is 9.91. The van der Waals surface area contributed by atoms with Crippen molar-refractivity contribution < 1.29 is 0 Å². The zero-order valence-electron chi connectivity index (χ0n) is 8.24. The van der Waals surface area contributed by atoms with Gasteiger partial charge in [0, 0.05) is 0 Å². The van der Waals surface area contributed by atoms with Crippen molar-refractivity contribution in [2.75, 3.05) is 0 Å². The molecule has 0 saturated carbocycles. The first-order chi connectivity index (χ1) is 6.90. The van der Waals surface area contributed by atoms with Crippen molar-refractivity contribution in [2.24, 2.45) is 5.73 Å². The first kappa shape index (κ1) is 9.07. The van der Waals surface area contributed by atoms with Crippen molar-refractivity contribution in [1.82, 2.24) is 0 Å². The maximum atomic E-state index is 5.32. The molecule has 14 heavy (non-hydrogen) atoms. The minimum atomic E-state index is 0.928. The molecule has 0 saturated heterocycles. The predicted octanol–water partition coefficient (Wildman–Crippen LogP) is 2.88. The molecule has 1 aliphatic rings. The molecule has 72 valence electrons. The molecule has 1 aromatic carbocycles. The van der Waals surface area contributed by atoms with Crippen LogP contribution >= 0.6 is 0 Å². The predicted molar refractivity (Wildman–Crippen MR) is 60.7 cm³/mol. The summed E-state index contributed by atoms with van der Waals surface area (Å²) >= 11 is 0. The first-order valence-corrected chi connectivity index (χ1v) is 5.05. The SMILES string of the molecule is NC=CCc1cccc(C2=CCC2)c1. The molecule has 1 heteroatoms. The lowest BCUT2D eigenvalue weighted by molar-refractivity contribution is 0.987. The van der Waals surface area contributed by atoms with Crippen LogP contribution in [0.2, 0.25) is 0 Å². The van der Waals surface area contributed by atoms with E-state index in [4.69, 9.17) is 5.73 Å². The van der Waals surface area contributed by atoms with Crippen molar-refractivity contribution in [3.63, 3.8) is 0 Å². The molecule has 1 aliphatic carbocycles. The topological polar surface area (TPSA) is 26.0 Å². The minimum absolute atomic E-state index is 0.928. The Kier molecular flexibility index (Phi) is 2.68. The lowest BCUT2D eigenvalue weighted by Gasteiger charge is -2.15. The Morgan fingerprint density at radius 2 is 2.21 bits per heavy atom. The summed E-state index contributed by atoms with van der Waals surface area (Å²) in [6, 6.07) is 8.70. The van der Waals surface area contributed by atoms with Crippen LogP contribution in [0, 0.1) is 0 Å². The van der Waals surface area contributed by atoms with Crippen LogP contribution in [-0.4, -0.2) is 0 Å². The number of benzene rings is 1. The van der Waals surface area contributed by atoms with Gasteiger partial charge in [0.1, 0.15) is 0 Å². The fourth-order valence-electron chi connectivity index (χ4n) is 1.65. The molecule has 0 unspecified atom stereocenters. The average molecular weight is 185 g/mol. The fraction of sp³-hybridized carbons (Fsp3) is 0.231. The molecular formula is C13H15N. The van der Waals surface area contributed by atoms with E-state index in [1.165, 1.54) is 29.5 Å². The van der Waals surface area contributed by atoms with Crippen LogP contribution in [0.3, 0.4) is 0 Å². The average Bonchev–Trinajstić information content (AvgIpc) is 2.13. The summed E-state index contributed by atoms with van der Waals surface area (Å²) in [4.78, 5) is 0. The number of allylic oxidation sites excluding steroid dienone is 3. The lowest BCUT2D eigenvalue weighted by Crippen LogP contribution is -1.94. The highest BCUT2D eigenvalue weighted by Gasteiger charge is 2.07. The van der Waals surface area contributed by atoms with Gasteiger partial charge in [-0.05, 0) is 42.2 Å². The summed E-state index contributed by atoms with van der Waals surface area (Å²) < 4.78 is 0. The van der Waals surface area contributed by atoms with E-state index < -0.39 is 0 Å². The zero-order valence-corrected chi connectivity index (χ0v) is 8.24. The van der Waals surface area contributed by atoms with E-state index in [0.29, 0.717) is 0 Å². The van der Waals surface area contributed by atoms with Crippen molar-refractivity contribution in [1.29, 1.82) is 0 Å². The van der Waals surface area contributed by atoms with Crippen LogP contribution in [-0.2, 0) is 6.42 Å². The summed E-state index contributed by atoms with van der Waals surface area (Å²) in [6.45, 7) is 0. The van der Waals surface area contributed by atoms with Crippen molar-refractivity contribution in [3.8, 4) is 0 Å². The smallest absolute Gasteiger partial charge is 0.00801 e. The van der Waals surface area contributed by atoms with E-state index in [2.05, 4.69) is 30.3 Å². The normalized spacial score (nSPS) is 15.3. The third-order valence-corrected chi connectivity index (χ3v) is 2.59. The first-order valence-electron chi connectivity index (χ1n) is 5.05. The summed E-state index contributed by atoms with van der Waals surface area (Å²) in [7, 11) is 0. The molecule has 0 fully saturated rings. The second-order valence-electron chi connectivity index (χ2n) is 3.60. The second kappa shape index (κ2) is 4.14. The third kappa shape index (κ3) is 1.87. The van der Waals surface area contributed by atoms with E-state index in [1.54, 1.807) is 6.20 Å². The Hall–Kier alpha value is -1.50. The molecule has 0 amide bonds. The van der Waals surface area contributed by atoms with Gasteiger partial charge in [-0.3, -0.25) is 0 Å². The van der Waals surface area contributed by atoms with Crippen LogP contribution in [0.15, 0.2) is 42.6 Å². The molecule has 0 atom stereocenters. The highest BCUT2D eigenvalue weighted by atomic mass is 14.5. The Morgan fingerprint density at radius 3 is 2.86 bits per heavy atom. The quantitative estimate of drug-likeness (QED) is 0.770. The van der Waals surface area contributed by atoms with Gasteiger partial charge in [0.15, 0.2) is 0 Å². The molecule has 1 nitrogen and oxygen atoms in total. The maximum Gasteiger partial charge on any atom is -0.00801 e. The molecular weight excluding hydrogens is 170 g/mol. The number of rotatable bonds is 3. The Bertz CT molecular complexity index is 375. The fourth-order valence-corrected chi connectivity index (χ4v) is 1.65. The molecule has 1 aromatic rings. The van der Waals surface area contributed by atoms with Gasteiger partial charge >= 0.3 is 0 Å². The summed E-state index contributed by atoms with van der Waals surface area (Å²) in [6.07, 6.45) is 9.29. The van der Waals surface area contributed by atoms with Crippen LogP contribution in [0.4, 0.5) is 0 Å². The molecule has 0 spiro atoms. The Balaban J connectivity index is 2.18. The van der Waals surface area contributed by atoms with Gasteiger partial charge in [0.25, 0.3) is 0 Å².